The third kappa shape index (κ3) is 5.83. The molecule has 1 aliphatic heterocycles. The Balaban J connectivity index is 0.00000272. The van der Waals surface area contributed by atoms with Gasteiger partial charge in [-0.25, -0.2) is 13.6 Å². The second kappa shape index (κ2) is 10.4. The Kier molecular flexibility index (Phi) is 7.64. The van der Waals surface area contributed by atoms with Crippen molar-refractivity contribution in [2.75, 3.05) is 26.2 Å². The standard InChI is InChI=1S/C21H21F2N3O4.ClH/c22-15-4-9-19(18(23)14-15)29-20-24-26(21(27)30-20)16-5-7-17(8-6-16)28-13-12-25-10-2-1-3-11-25;/h4-9,14H,1-3,10-13H2;1H. The first-order chi connectivity index (χ1) is 14.6. The molecule has 0 aliphatic carbocycles. The van der Waals surface area contributed by atoms with E-state index in [0.29, 0.717) is 24.1 Å². The summed E-state index contributed by atoms with van der Waals surface area (Å²) in [6.07, 6.45) is 3.32. The Morgan fingerprint density at radius 3 is 2.48 bits per heavy atom. The normalized spacial score (nSPS) is 14.1. The number of piperidine rings is 1. The Labute approximate surface area is 183 Å². The van der Waals surface area contributed by atoms with Gasteiger partial charge in [-0.3, -0.25) is 4.90 Å². The average molecular weight is 454 g/mol. The lowest BCUT2D eigenvalue weighted by Gasteiger charge is -2.26. The number of hydrogen-bond acceptors (Lipinski definition) is 6. The summed E-state index contributed by atoms with van der Waals surface area (Å²) in [7, 11) is 0. The molecule has 0 bridgehead atoms. The smallest absolute Gasteiger partial charge is 0.444 e. The summed E-state index contributed by atoms with van der Waals surface area (Å²) in [4.78, 5) is 14.5. The number of nitrogens with zero attached hydrogens (tertiary/aromatic N) is 3. The van der Waals surface area contributed by atoms with E-state index < -0.39 is 23.5 Å². The van der Waals surface area contributed by atoms with Gasteiger partial charge in [0, 0.05) is 12.6 Å². The van der Waals surface area contributed by atoms with Gasteiger partial charge in [0.05, 0.1) is 5.69 Å². The van der Waals surface area contributed by atoms with Crippen LogP contribution in [0.3, 0.4) is 0 Å². The maximum Gasteiger partial charge on any atom is 0.444 e. The van der Waals surface area contributed by atoms with Gasteiger partial charge >= 0.3 is 11.8 Å². The van der Waals surface area contributed by atoms with Gasteiger partial charge in [0.2, 0.25) is 0 Å². The molecule has 1 fully saturated rings. The summed E-state index contributed by atoms with van der Waals surface area (Å²) in [6.45, 7) is 3.70. The first kappa shape index (κ1) is 22.8. The van der Waals surface area contributed by atoms with Crippen LogP contribution in [0.2, 0.25) is 0 Å². The van der Waals surface area contributed by atoms with Crippen LogP contribution < -0.4 is 15.2 Å². The van der Waals surface area contributed by atoms with Crippen molar-refractivity contribution >= 4 is 12.4 Å². The summed E-state index contributed by atoms with van der Waals surface area (Å²) in [5, 5.41) is 3.90. The van der Waals surface area contributed by atoms with Gasteiger partial charge in [-0.2, -0.15) is 4.68 Å². The lowest BCUT2D eigenvalue weighted by molar-refractivity contribution is 0.183. The van der Waals surface area contributed by atoms with Crippen LogP contribution in [0.5, 0.6) is 17.6 Å². The van der Waals surface area contributed by atoms with Crippen molar-refractivity contribution in [3.8, 4) is 23.3 Å². The van der Waals surface area contributed by atoms with Crippen LogP contribution in [0.15, 0.2) is 51.7 Å². The predicted molar refractivity (Wildman–Crippen MR) is 112 cm³/mol. The highest BCUT2D eigenvalue weighted by atomic mass is 35.5. The summed E-state index contributed by atoms with van der Waals surface area (Å²) in [6, 6.07) is 9.54. The zero-order chi connectivity index (χ0) is 20.9. The molecule has 166 valence electrons. The first-order valence-electron chi connectivity index (χ1n) is 9.77. The third-order valence-corrected chi connectivity index (χ3v) is 4.83. The lowest BCUT2D eigenvalue weighted by Crippen LogP contribution is -2.33. The summed E-state index contributed by atoms with van der Waals surface area (Å²) >= 11 is 0. The second-order valence-corrected chi connectivity index (χ2v) is 6.97. The number of rotatable bonds is 7. The van der Waals surface area contributed by atoms with E-state index in [1.165, 1.54) is 19.3 Å². The molecule has 31 heavy (non-hydrogen) atoms. The third-order valence-electron chi connectivity index (χ3n) is 4.83. The van der Waals surface area contributed by atoms with E-state index in [4.69, 9.17) is 13.9 Å². The highest BCUT2D eigenvalue weighted by molar-refractivity contribution is 5.85. The second-order valence-electron chi connectivity index (χ2n) is 6.97. The number of likely N-dealkylation sites (tertiary alicyclic amines) is 1. The van der Waals surface area contributed by atoms with E-state index in [2.05, 4.69) is 10.00 Å². The van der Waals surface area contributed by atoms with Crippen LogP contribution in [0.1, 0.15) is 19.3 Å². The molecule has 7 nitrogen and oxygen atoms in total. The Morgan fingerprint density at radius 2 is 1.77 bits per heavy atom. The zero-order valence-corrected chi connectivity index (χ0v) is 17.4. The fourth-order valence-corrected chi connectivity index (χ4v) is 3.28. The van der Waals surface area contributed by atoms with E-state index in [-0.39, 0.29) is 18.2 Å². The molecule has 0 spiro atoms. The number of aromatic nitrogens is 2. The van der Waals surface area contributed by atoms with Crippen molar-refractivity contribution in [3.63, 3.8) is 0 Å². The maximum absolute atomic E-state index is 13.7. The molecule has 0 amide bonds. The number of halogens is 3. The highest BCUT2D eigenvalue weighted by Crippen LogP contribution is 2.23. The molecule has 1 aromatic heterocycles. The van der Waals surface area contributed by atoms with Gasteiger partial charge in [-0.1, -0.05) is 11.5 Å². The Bertz CT molecular complexity index is 1050. The molecular formula is C21H22ClF2N3O4. The van der Waals surface area contributed by atoms with E-state index in [1.807, 2.05) is 0 Å². The van der Waals surface area contributed by atoms with Gasteiger partial charge in [0.1, 0.15) is 18.2 Å². The minimum absolute atomic E-state index is 0. The molecule has 3 aromatic rings. The van der Waals surface area contributed by atoms with Crippen molar-refractivity contribution in [1.82, 2.24) is 14.7 Å². The van der Waals surface area contributed by atoms with Crippen LogP contribution >= 0.6 is 12.4 Å². The zero-order valence-electron chi connectivity index (χ0n) is 16.6. The first-order valence-corrected chi connectivity index (χ1v) is 9.77. The van der Waals surface area contributed by atoms with Gasteiger partial charge in [-0.05, 0) is 62.3 Å². The highest BCUT2D eigenvalue weighted by Gasteiger charge is 2.15. The maximum atomic E-state index is 13.7. The fourth-order valence-electron chi connectivity index (χ4n) is 3.28. The van der Waals surface area contributed by atoms with Crippen LogP contribution in [-0.4, -0.2) is 40.9 Å². The minimum Gasteiger partial charge on any atom is -0.492 e. The molecule has 0 unspecified atom stereocenters. The lowest BCUT2D eigenvalue weighted by atomic mass is 10.1. The quantitative estimate of drug-likeness (QED) is 0.534. The molecule has 2 aromatic carbocycles. The SMILES string of the molecule is Cl.O=c1oc(Oc2ccc(F)cc2F)nn1-c1ccc(OCCN2CCCCC2)cc1. The van der Waals surface area contributed by atoms with Crippen LogP contribution in [-0.2, 0) is 0 Å². The van der Waals surface area contributed by atoms with Gasteiger partial charge < -0.3 is 13.9 Å². The molecule has 4 rings (SSSR count). The largest absolute Gasteiger partial charge is 0.492 e. The molecule has 0 saturated carbocycles. The molecule has 2 heterocycles. The molecule has 10 heteroatoms. The topological polar surface area (TPSA) is 69.7 Å². The molecule has 0 N–H and O–H groups in total. The van der Waals surface area contributed by atoms with Gasteiger partial charge in [-0.15, -0.1) is 12.4 Å². The Hall–Kier alpha value is -2.91. The minimum atomic E-state index is -0.932. The summed E-state index contributed by atoms with van der Waals surface area (Å²) < 4.78 is 43.4. The number of benzene rings is 2. The molecule has 0 atom stereocenters. The molecule has 1 aliphatic rings. The van der Waals surface area contributed by atoms with Gasteiger partial charge in [0.25, 0.3) is 0 Å². The van der Waals surface area contributed by atoms with Gasteiger partial charge in [0.15, 0.2) is 11.6 Å². The van der Waals surface area contributed by atoms with E-state index >= 15 is 0 Å². The van der Waals surface area contributed by atoms with Crippen LogP contribution in [0.25, 0.3) is 5.69 Å². The van der Waals surface area contributed by atoms with Crippen molar-refractivity contribution < 1.29 is 22.7 Å². The van der Waals surface area contributed by atoms with Crippen LogP contribution in [0.4, 0.5) is 8.78 Å². The monoisotopic (exact) mass is 453 g/mol. The van der Waals surface area contributed by atoms with Crippen molar-refractivity contribution in [2.45, 2.75) is 19.3 Å². The molecule has 1 saturated heterocycles. The fraction of sp³-hybridized carbons (Fsp3) is 0.333. The van der Waals surface area contributed by atoms with E-state index in [1.54, 1.807) is 24.3 Å². The average Bonchev–Trinajstić information content (AvgIpc) is 3.11. The Morgan fingerprint density at radius 1 is 1.03 bits per heavy atom. The summed E-state index contributed by atoms with van der Waals surface area (Å²) in [5.41, 5.74) is 0.432. The summed E-state index contributed by atoms with van der Waals surface area (Å²) in [5.74, 6) is -2.10. The number of hydrogen-bond donors (Lipinski definition) is 0. The number of ether oxygens (including phenoxy) is 2. The molecule has 0 radical (unpaired) electrons. The van der Waals surface area contributed by atoms with E-state index in [0.717, 1.165) is 36.4 Å². The molecular weight excluding hydrogens is 432 g/mol. The van der Waals surface area contributed by atoms with Crippen molar-refractivity contribution in [2.24, 2.45) is 0 Å². The van der Waals surface area contributed by atoms with Crippen molar-refractivity contribution in [1.29, 1.82) is 0 Å². The van der Waals surface area contributed by atoms with Crippen molar-refractivity contribution in [3.05, 3.63) is 64.6 Å². The van der Waals surface area contributed by atoms with E-state index in [9.17, 15) is 13.6 Å². The predicted octanol–water partition coefficient (Wildman–Crippen LogP) is 4.18. The van der Waals surface area contributed by atoms with Crippen LogP contribution in [0, 0.1) is 11.6 Å².